The van der Waals surface area contributed by atoms with Crippen LogP contribution < -0.4 is 4.90 Å². The Morgan fingerprint density at radius 1 is 1.16 bits per heavy atom. The van der Waals surface area contributed by atoms with Crippen LogP contribution in [0.25, 0.3) is 33.1 Å². The summed E-state index contributed by atoms with van der Waals surface area (Å²) in [5, 5.41) is 1.24. The first-order chi connectivity index (χ1) is 20.5. The molecule has 0 atom stereocenters. The van der Waals surface area contributed by atoms with E-state index < -0.39 is 12.5 Å². The number of aromatic nitrogens is 3. The number of anilines is 1. The number of halogens is 3. The molecule has 2 aromatic heterocycles. The van der Waals surface area contributed by atoms with Gasteiger partial charge in [-0.1, -0.05) is 29.8 Å². The van der Waals surface area contributed by atoms with Crippen molar-refractivity contribution in [1.82, 2.24) is 24.3 Å². The summed E-state index contributed by atoms with van der Waals surface area (Å²) < 4.78 is 31.5. The zero-order chi connectivity index (χ0) is 30.6. The molecule has 10 heteroatoms. The van der Waals surface area contributed by atoms with E-state index in [9.17, 15) is 9.18 Å². The lowest BCUT2D eigenvalue weighted by Crippen LogP contribution is -2.67. The summed E-state index contributed by atoms with van der Waals surface area (Å²) in [5.41, 5.74) is 4.64. The van der Waals surface area contributed by atoms with E-state index in [1.165, 1.54) is 12.2 Å². The highest BCUT2D eigenvalue weighted by Gasteiger charge is 2.42. The van der Waals surface area contributed by atoms with Crippen molar-refractivity contribution in [2.75, 3.05) is 51.8 Å². The Bertz CT molecular complexity index is 1750. The van der Waals surface area contributed by atoms with Crippen molar-refractivity contribution in [3.8, 4) is 11.1 Å². The highest BCUT2D eigenvalue weighted by Crippen LogP contribution is 2.43. The van der Waals surface area contributed by atoms with Crippen molar-refractivity contribution in [3.05, 3.63) is 64.7 Å². The molecule has 0 unspecified atom stereocenters. The van der Waals surface area contributed by atoms with E-state index in [4.69, 9.17) is 21.6 Å². The number of carbonyl (C=O) groups excluding carboxylic acids is 1. The van der Waals surface area contributed by atoms with E-state index in [1.807, 2.05) is 44.4 Å². The number of benzene rings is 2. The SMILES string of the molecule is Cc1cccc(-c2c(C)cc3c(nc(N4CC(C)(N(C)C)C4)c4ncn(C5CCN(C(=O)/C=C/CF)CC5)c43)c2F)c1Cl. The smallest absolute Gasteiger partial charge is 0.246 e. The van der Waals surface area contributed by atoms with Crippen LogP contribution in [0.15, 0.2) is 42.7 Å². The molecular formula is C33H37ClF2N6O. The number of likely N-dealkylation sites (tertiary alicyclic amines) is 1. The minimum atomic E-state index is -0.662. The second kappa shape index (κ2) is 11.2. The summed E-state index contributed by atoms with van der Waals surface area (Å²) in [6.07, 6.45) is 5.80. The van der Waals surface area contributed by atoms with Crippen molar-refractivity contribution in [2.45, 2.75) is 45.2 Å². The number of hydrogen-bond donors (Lipinski definition) is 0. The standard InChI is InChI=1S/C33H37ClF2N6O/c1-20-8-6-9-23(27(20)34)26-21(2)16-24-29(28(26)36)38-32(41-17-33(3,18-41)39(4)5)30-31(24)42(19-37-30)22-11-14-40(15-12-22)25(43)10-7-13-35/h6-10,16,19,22H,11-15,17-18H2,1-5H3/b10-7+. The molecule has 0 bridgehead atoms. The number of pyridine rings is 1. The first kappa shape index (κ1) is 29.5. The maximum absolute atomic E-state index is 16.8. The number of nitrogens with zero attached hydrogens (tertiary/aromatic N) is 6. The normalized spacial score (nSPS) is 17.5. The van der Waals surface area contributed by atoms with E-state index in [0.717, 1.165) is 35.2 Å². The average Bonchev–Trinajstić information content (AvgIpc) is 3.42. The van der Waals surface area contributed by atoms with Gasteiger partial charge in [-0.3, -0.25) is 4.79 Å². The third kappa shape index (κ3) is 4.96. The minimum Gasteiger partial charge on any atom is -0.351 e. The maximum Gasteiger partial charge on any atom is 0.246 e. The van der Waals surface area contributed by atoms with Gasteiger partial charge in [0.05, 0.1) is 22.4 Å². The van der Waals surface area contributed by atoms with Gasteiger partial charge in [0.25, 0.3) is 0 Å². The fraction of sp³-hybridized carbons (Fsp3) is 0.424. The molecule has 7 nitrogen and oxygen atoms in total. The topological polar surface area (TPSA) is 57.5 Å². The average molecular weight is 607 g/mol. The second-order valence-corrected chi connectivity index (χ2v) is 12.7. The lowest BCUT2D eigenvalue weighted by molar-refractivity contribution is -0.127. The number of amides is 1. The highest BCUT2D eigenvalue weighted by atomic mass is 35.5. The van der Waals surface area contributed by atoms with Gasteiger partial charge in [0.15, 0.2) is 11.6 Å². The van der Waals surface area contributed by atoms with Crippen LogP contribution in [0.4, 0.5) is 14.6 Å². The van der Waals surface area contributed by atoms with E-state index in [1.54, 1.807) is 4.90 Å². The number of likely N-dealkylation sites (N-methyl/N-ethyl adjacent to an activating group) is 1. The van der Waals surface area contributed by atoms with Crippen LogP contribution in [-0.2, 0) is 4.79 Å². The van der Waals surface area contributed by atoms with Crippen molar-refractivity contribution in [3.63, 3.8) is 0 Å². The summed E-state index contributed by atoms with van der Waals surface area (Å²) in [5.74, 6) is 0.105. The molecule has 43 heavy (non-hydrogen) atoms. The predicted octanol–water partition coefficient (Wildman–Crippen LogP) is 6.49. The van der Waals surface area contributed by atoms with Gasteiger partial charge in [0.1, 0.15) is 17.7 Å². The van der Waals surface area contributed by atoms with Crippen LogP contribution in [-0.4, -0.2) is 82.7 Å². The molecular weight excluding hydrogens is 570 g/mol. The van der Waals surface area contributed by atoms with Gasteiger partial charge < -0.3 is 19.3 Å². The van der Waals surface area contributed by atoms with E-state index in [-0.39, 0.29) is 17.5 Å². The molecule has 2 aromatic carbocycles. The Labute approximate surface area is 255 Å². The van der Waals surface area contributed by atoms with Crippen molar-refractivity contribution < 1.29 is 13.6 Å². The molecule has 4 heterocycles. The fourth-order valence-corrected chi connectivity index (χ4v) is 6.72. The Morgan fingerprint density at radius 2 is 1.88 bits per heavy atom. The zero-order valence-corrected chi connectivity index (χ0v) is 26.0. The summed E-state index contributed by atoms with van der Waals surface area (Å²) in [6.45, 7) is 7.96. The first-order valence-electron chi connectivity index (χ1n) is 14.7. The fourth-order valence-electron chi connectivity index (χ4n) is 6.50. The van der Waals surface area contributed by atoms with Gasteiger partial charge >= 0.3 is 0 Å². The number of imidazole rings is 1. The van der Waals surface area contributed by atoms with E-state index in [0.29, 0.717) is 58.8 Å². The lowest BCUT2D eigenvalue weighted by atomic mass is 9.90. The molecule has 2 aliphatic heterocycles. The molecule has 0 aliphatic carbocycles. The minimum absolute atomic E-state index is 0.0203. The molecule has 0 radical (unpaired) electrons. The third-order valence-corrected chi connectivity index (χ3v) is 9.84. The van der Waals surface area contributed by atoms with Gasteiger partial charge in [0, 0.05) is 54.8 Å². The number of aryl methyl sites for hydroxylation is 2. The first-order valence-corrected chi connectivity index (χ1v) is 15.1. The van der Waals surface area contributed by atoms with Gasteiger partial charge in [-0.2, -0.15) is 0 Å². The monoisotopic (exact) mass is 606 g/mol. The molecule has 2 fully saturated rings. The van der Waals surface area contributed by atoms with Gasteiger partial charge in [0.2, 0.25) is 5.91 Å². The molecule has 1 amide bonds. The Balaban J connectivity index is 1.49. The quantitative estimate of drug-likeness (QED) is 0.235. The van der Waals surface area contributed by atoms with E-state index in [2.05, 4.69) is 35.4 Å². The predicted molar refractivity (Wildman–Crippen MR) is 169 cm³/mol. The number of piperidine rings is 1. The van der Waals surface area contributed by atoms with Crippen LogP contribution in [0.5, 0.6) is 0 Å². The number of rotatable bonds is 6. The Hall–Kier alpha value is -3.56. The summed E-state index contributed by atoms with van der Waals surface area (Å²) >= 11 is 6.70. The van der Waals surface area contributed by atoms with Crippen LogP contribution in [0, 0.1) is 19.7 Å². The Kier molecular flexibility index (Phi) is 7.67. The van der Waals surface area contributed by atoms with E-state index >= 15 is 4.39 Å². The Morgan fingerprint density at radius 3 is 2.56 bits per heavy atom. The molecule has 4 aromatic rings. The van der Waals surface area contributed by atoms with Crippen LogP contribution >= 0.6 is 11.6 Å². The highest BCUT2D eigenvalue weighted by molar-refractivity contribution is 6.34. The summed E-state index contributed by atoms with van der Waals surface area (Å²) in [4.78, 5) is 28.4. The number of carbonyl (C=O) groups is 1. The summed E-state index contributed by atoms with van der Waals surface area (Å²) in [7, 11) is 4.14. The number of alkyl halides is 1. The van der Waals surface area contributed by atoms with Crippen LogP contribution in [0.3, 0.4) is 0 Å². The molecule has 2 aliphatic rings. The molecule has 6 rings (SSSR count). The third-order valence-electron chi connectivity index (χ3n) is 9.34. The lowest BCUT2D eigenvalue weighted by Gasteiger charge is -2.52. The second-order valence-electron chi connectivity index (χ2n) is 12.4. The zero-order valence-electron chi connectivity index (χ0n) is 25.3. The maximum atomic E-state index is 16.8. The van der Waals surface area contributed by atoms with Crippen molar-refractivity contribution in [2.24, 2.45) is 0 Å². The number of hydrogen-bond acceptors (Lipinski definition) is 5. The molecule has 2 saturated heterocycles. The largest absolute Gasteiger partial charge is 0.351 e. The number of fused-ring (bicyclic) bond motifs is 3. The molecule has 0 saturated carbocycles. The van der Waals surface area contributed by atoms with Gasteiger partial charge in [-0.05, 0) is 71.0 Å². The van der Waals surface area contributed by atoms with Gasteiger partial charge in [-0.15, -0.1) is 0 Å². The molecule has 226 valence electrons. The van der Waals surface area contributed by atoms with Crippen molar-refractivity contribution in [1.29, 1.82) is 0 Å². The molecule has 0 N–H and O–H groups in total. The van der Waals surface area contributed by atoms with Gasteiger partial charge in [-0.25, -0.2) is 18.7 Å². The van der Waals surface area contributed by atoms with Crippen molar-refractivity contribution >= 4 is 45.3 Å². The summed E-state index contributed by atoms with van der Waals surface area (Å²) in [6, 6.07) is 7.73. The van der Waals surface area contributed by atoms with Crippen LogP contribution in [0.1, 0.15) is 36.9 Å². The van der Waals surface area contributed by atoms with Crippen LogP contribution in [0.2, 0.25) is 5.02 Å². The number of allylic oxidation sites excluding steroid dienone is 1. The molecule has 0 spiro atoms.